The van der Waals surface area contributed by atoms with Crippen molar-refractivity contribution >= 4 is 23.5 Å². The van der Waals surface area contributed by atoms with E-state index < -0.39 is 35.4 Å². The monoisotopic (exact) mass is 559 g/mol. The predicted octanol–water partition coefficient (Wildman–Crippen LogP) is 2.42. The third-order valence-electron chi connectivity index (χ3n) is 6.14. The van der Waals surface area contributed by atoms with Crippen molar-refractivity contribution in [3.05, 3.63) is 35.5 Å². The zero-order valence-electron chi connectivity index (χ0n) is 20.4. The maximum absolute atomic E-state index is 14.1. The number of carbonyl (C=O) groups is 2. The summed E-state index contributed by atoms with van der Waals surface area (Å²) in [6.07, 6.45) is -10.2. The Kier molecular flexibility index (Phi) is 8.24. The van der Waals surface area contributed by atoms with E-state index in [1.807, 2.05) is 0 Å². The molecule has 1 unspecified atom stereocenters. The maximum atomic E-state index is 14.1. The van der Waals surface area contributed by atoms with E-state index >= 15 is 0 Å². The van der Waals surface area contributed by atoms with E-state index in [9.17, 15) is 35.9 Å². The number of ether oxygens (including phenoxy) is 1. The zero-order chi connectivity index (χ0) is 29.2. The van der Waals surface area contributed by atoms with Crippen LogP contribution >= 0.6 is 0 Å². The molecule has 2 heterocycles. The molecule has 1 aromatic heterocycles. The number of hydrogen-bond donors (Lipinski definition) is 2. The van der Waals surface area contributed by atoms with E-state index in [1.54, 1.807) is 4.90 Å². The Balaban J connectivity index is 2.06. The Morgan fingerprint density at radius 1 is 1.13 bits per heavy atom. The van der Waals surface area contributed by atoms with Crippen LogP contribution in [0.4, 0.5) is 38.0 Å². The summed E-state index contributed by atoms with van der Waals surface area (Å²) in [6, 6.07) is 4.56. The highest BCUT2D eigenvalue weighted by Crippen LogP contribution is 2.45. The zero-order valence-corrected chi connectivity index (χ0v) is 20.4. The quantitative estimate of drug-likeness (QED) is 0.385. The number of halogens is 6. The standard InChI is InChI=1S/C23H23F6N7O3/c1-13-3-4-14(21(19(32)37,23(27,28)29)39-20(38)22(24,25)26)11-15(13)16-12-33-17(31)18(34-16)36-9-7-35(8-10-36)6-2-5-30/h3-4,11-12H,2,6-10H2,1H3,(H2,31,33)(H2,32,37). The van der Waals surface area contributed by atoms with Gasteiger partial charge in [0.25, 0.3) is 5.91 Å². The number of piperazine rings is 1. The second-order valence-electron chi connectivity index (χ2n) is 8.66. The molecule has 2 aromatic rings. The van der Waals surface area contributed by atoms with Gasteiger partial charge in [-0.15, -0.1) is 0 Å². The molecule has 1 atom stereocenters. The number of aromatic nitrogens is 2. The van der Waals surface area contributed by atoms with Crippen LogP contribution in [0.2, 0.25) is 0 Å². The first kappa shape index (κ1) is 29.4. The first-order valence-corrected chi connectivity index (χ1v) is 11.4. The molecule has 39 heavy (non-hydrogen) atoms. The molecule has 0 aliphatic carbocycles. The predicted molar refractivity (Wildman–Crippen MR) is 125 cm³/mol. The lowest BCUT2D eigenvalue weighted by molar-refractivity contribution is -0.280. The van der Waals surface area contributed by atoms with Crippen molar-refractivity contribution in [2.45, 2.75) is 31.3 Å². The Labute approximate surface area is 218 Å². The Morgan fingerprint density at radius 2 is 1.77 bits per heavy atom. The molecule has 1 saturated heterocycles. The first-order chi connectivity index (χ1) is 18.1. The number of nitrogens with zero attached hydrogens (tertiary/aromatic N) is 5. The molecule has 0 bridgehead atoms. The van der Waals surface area contributed by atoms with Crippen molar-refractivity contribution in [2.24, 2.45) is 5.73 Å². The van der Waals surface area contributed by atoms with Crippen molar-refractivity contribution in [2.75, 3.05) is 43.4 Å². The Bertz CT molecular complexity index is 1290. The van der Waals surface area contributed by atoms with E-state index in [1.165, 1.54) is 6.92 Å². The fraction of sp³-hybridized carbons (Fsp3) is 0.435. The lowest BCUT2D eigenvalue weighted by Crippen LogP contribution is -2.57. The van der Waals surface area contributed by atoms with Gasteiger partial charge in [0.05, 0.1) is 18.0 Å². The summed E-state index contributed by atoms with van der Waals surface area (Å²) in [5, 5.41) is 8.76. The molecule has 0 spiro atoms. The Morgan fingerprint density at radius 3 is 2.31 bits per heavy atom. The number of anilines is 2. The minimum Gasteiger partial charge on any atom is -0.427 e. The lowest BCUT2D eigenvalue weighted by Gasteiger charge is -2.35. The molecule has 0 saturated carbocycles. The van der Waals surface area contributed by atoms with Crippen LogP contribution in [0.3, 0.4) is 0 Å². The van der Waals surface area contributed by atoms with Gasteiger partial charge < -0.3 is 21.1 Å². The minimum atomic E-state index is -5.85. The maximum Gasteiger partial charge on any atom is 0.490 e. The number of nitrogen functional groups attached to an aromatic ring is 1. The lowest BCUT2D eigenvalue weighted by atomic mass is 9.88. The summed E-state index contributed by atoms with van der Waals surface area (Å²) in [5.74, 6) is -5.37. The molecule has 1 aliphatic rings. The third-order valence-corrected chi connectivity index (χ3v) is 6.14. The van der Waals surface area contributed by atoms with Gasteiger partial charge in [-0.2, -0.15) is 31.6 Å². The van der Waals surface area contributed by atoms with Crippen LogP contribution < -0.4 is 16.4 Å². The van der Waals surface area contributed by atoms with Gasteiger partial charge in [-0.25, -0.2) is 14.8 Å². The summed E-state index contributed by atoms with van der Waals surface area (Å²) >= 11 is 0. The van der Waals surface area contributed by atoms with Gasteiger partial charge in [0.2, 0.25) is 0 Å². The van der Waals surface area contributed by atoms with Gasteiger partial charge in [0.1, 0.15) is 0 Å². The number of primary amides is 1. The summed E-state index contributed by atoms with van der Waals surface area (Å²) in [6.45, 7) is 4.14. The topological polar surface area (TPSA) is 151 Å². The highest BCUT2D eigenvalue weighted by atomic mass is 19.4. The smallest absolute Gasteiger partial charge is 0.427 e. The van der Waals surface area contributed by atoms with Gasteiger partial charge in [0, 0.05) is 50.3 Å². The van der Waals surface area contributed by atoms with Crippen LogP contribution in [0, 0.1) is 18.3 Å². The highest BCUT2D eigenvalue weighted by Gasteiger charge is 2.66. The number of nitriles is 1. The van der Waals surface area contributed by atoms with Crippen LogP contribution in [0.25, 0.3) is 11.3 Å². The summed E-state index contributed by atoms with van der Waals surface area (Å²) < 4.78 is 84.8. The van der Waals surface area contributed by atoms with Gasteiger partial charge in [0.15, 0.2) is 11.6 Å². The molecule has 1 amide bonds. The van der Waals surface area contributed by atoms with Gasteiger partial charge >= 0.3 is 23.9 Å². The number of aryl methyl sites for hydroxylation is 1. The summed E-state index contributed by atoms with van der Waals surface area (Å²) in [5.41, 5.74) is 5.57. The number of esters is 1. The Hall–Kier alpha value is -4.13. The number of carbonyl (C=O) groups excluding carboxylic acids is 2. The largest absolute Gasteiger partial charge is 0.490 e. The van der Waals surface area contributed by atoms with Crippen molar-refractivity contribution in [3.63, 3.8) is 0 Å². The second-order valence-corrected chi connectivity index (χ2v) is 8.66. The second kappa shape index (κ2) is 10.9. The van der Waals surface area contributed by atoms with Crippen molar-refractivity contribution in [3.8, 4) is 17.3 Å². The molecule has 210 valence electrons. The molecule has 1 fully saturated rings. The van der Waals surface area contributed by atoms with Crippen molar-refractivity contribution in [1.82, 2.24) is 14.9 Å². The van der Waals surface area contributed by atoms with Gasteiger partial charge in [-0.1, -0.05) is 12.1 Å². The van der Waals surface area contributed by atoms with E-state index in [0.29, 0.717) is 50.8 Å². The fourth-order valence-electron chi connectivity index (χ4n) is 4.07. The van der Waals surface area contributed by atoms with E-state index in [2.05, 4.69) is 25.7 Å². The summed E-state index contributed by atoms with van der Waals surface area (Å²) in [7, 11) is 0. The van der Waals surface area contributed by atoms with Crippen LogP contribution in [0.5, 0.6) is 0 Å². The third kappa shape index (κ3) is 5.98. The highest BCUT2D eigenvalue weighted by molar-refractivity contribution is 5.90. The molecular weight excluding hydrogens is 536 g/mol. The van der Waals surface area contributed by atoms with Crippen LogP contribution in [-0.4, -0.2) is 71.8 Å². The molecule has 10 nitrogen and oxygen atoms in total. The fourth-order valence-corrected chi connectivity index (χ4v) is 4.07. The van der Waals surface area contributed by atoms with Crippen LogP contribution in [-0.2, 0) is 19.9 Å². The van der Waals surface area contributed by atoms with E-state index in [-0.39, 0.29) is 22.9 Å². The molecule has 16 heteroatoms. The number of nitrogens with two attached hydrogens (primary N) is 2. The number of amides is 1. The first-order valence-electron chi connectivity index (χ1n) is 11.4. The van der Waals surface area contributed by atoms with Crippen LogP contribution in [0.15, 0.2) is 24.4 Å². The molecule has 1 aliphatic heterocycles. The van der Waals surface area contributed by atoms with Crippen LogP contribution in [0.1, 0.15) is 17.5 Å². The van der Waals surface area contributed by atoms with Crippen molar-refractivity contribution < 1.29 is 40.7 Å². The molecule has 3 rings (SSSR count). The molecule has 0 radical (unpaired) electrons. The van der Waals surface area contributed by atoms with Gasteiger partial charge in [-0.05, 0) is 18.6 Å². The number of hydrogen-bond acceptors (Lipinski definition) is 9. The number of rotatable bonds is 7. The van der Waals surface area contributed by atoms with Crippen molar-refractivity contribution in [1.29, 1.82) is 5.26 Å². The van der Waals surface area contributed by atoms with Gasteiger partial charge in [-0.3, -0.25) is 9.69 Å². The van der Waals surface area contributed by atoms with E-state index in [4.69, 9.17) is 16.7 Å². The number of alkyl halides is 6. The average Bonchev–Trinajstić information content (AvgIpc) is 2.85. The average molecular weight is 559 g/mol. The minimum absolute atomic E-state index is 0.00634. The number of benzene rings is 1. The molecule has 4 N–H and O–H groups in total. The van der Waals surface area contributed by atoms with E-state index in [0.717, 1.165) is 18.3 Å². The summed E-state index contributed by atoms with van der Waals surface area (Å²) in [4.78, 5) is 35.8. The SMILES string of the molecule is Cc1ccc(C(OC(=O)C(F)(F)F)(C(N)=O)C(F)(F)F)cc1-c1cnc(N)c(N2CCN(CCC#N)CC2)n1. The molecular formula is C23H23F6N7O3. The normalized spacial score (nSPS) is 16.3. The molecule has 1 aromatic carbocycles.